The molecule has 1 aromatic heterocycles. The van der Waals surface area contributed by atoms with Crippen LogP contribution < -0.4 is 21.9 Å². The SMILES string of the molecule is Cc1cccc2c(=O)n(CC(=O)NCc3ccc(NC(N)=O)cc3)cnc12. The minimum absolute atomic E-state index is 0.114. The predicted octanol–water partition coefficient (Wildman–Crippen LogP) is 1.51. The highest BCUT2D eigenvalue weighted by Gasteiger charge is 2.09. The Bertz CT molecular complexity index is 1060. The van der Waals surface area contributed by atoms with Crippen LogP contribution >= 0.6 is 0 Å². The number of hydrogen-bond donors (Lipinski definition) is 3. The van der Waals surface area contributed by atoms with Crippen LogP contribution in [0.1, 0.15) is 11.1 Å². The molecule has 1 heterocycles. The third kappa shape index (κ3) is 4.30. The topological polar surface area (TPSA) is 119 Å². The van der Waals surface area contributed by atoms with Gasteiger partial charge in [-0.1, -0.05) is 24.3 Å². The van der Waals surface area contributed by atoms with Gasteiger partial charge in [0.15, 0.2) is 0 Å². The van der Waals surface area contributed by atoms with Crippen molar-refractivity contribution in [2.75, 3.05) is 5.32 Å². The molecular formula is C19H19N5O3. The maximum absolute atomic E-state index is 12.5. The summed E-state index contributed by atoms with van der Waals surface area (Å²) in [6.45, 7) is 2.07. The standard InChI is InChI=1S/C19H19N5O3/c1-12-3-2-4-15-17(12)22-11-24(18(15)26)10-16(25)21-9-13-5-7-14(8-6-13)23-19(20)27/h2-8,11H,9-10H2,1H3,(H,21,25)(H3,20,23,27). The molecule has 0 unspecified atom stereocenters. The molecule has 138 valence electrons. The summed E-state index contributed by atoms with van der Waals surface area (Å²) in [4.78, 5) is 39.8. The van der Waals surface area contributed by atoms with Gasteiger partial charge in [-0.25, -0.2) is 9.78 Å². The normalized spacial score (nSPS) is 10.6. The van der Waals surface area contributed by atoms with Crippen molar-refractivity contribution in [2.45, 2.75) is 20.0 Å². The van der Waals surface area contributed by atoms with E-state index in [-0.39, 0.29) is 18.0 Å². The van der Waals surface area contributed by atoms with E-state index in [4.69, 9.17) is 5.73 Å². The number of anilines is 1. The molecule has 3 aromatic rings. The minimum atomic E-state index is -0.638. The molecule has 27 heavy (non-hydrogen) atoms. The van der Waals surface area contributed by atoms with Gasteiger partial charge in [-0.15, -0.1) is 0 Å². The van der Waals surface area contributed by atoms with Crippen LogP contribution in [-0.2, 0) is 17.9 Å². The number of nitrogens with two attached hydrogens (primary N) is 1. The molecule has 0 aliphatic carbocycles. The Morgan fingerprint density at radius 2 is 1.89 bits per heavy atom. The molecule has 0 radical (unpaired) electrons. The Kier molecular flexibility index (Phi) is 5.16. The molecule has 8 nitrogen and oxygen atoms in total. The van der Waals surface area contributed by atoms with Crippen molar-refractivity contribution in [1.82, 2.24) is 14.9 Å². The second-order valence-corrected chi connectivity index (χ2v) is 6.11. The van der Waals surface area contributed by atoms with Crippen LogP contribution in [0.4, 0.5) is 10.5 Å². The fourth-order valence-electron chi connectivity index (χ4n) is 2.71. The average molecular weight is 365 g/mol. The number of aryl methyl sites for hydroxylation is 1. The van der Waals surface area contributed by atoms with Gasteiger partial charge in [0.25, 0.3) is 5.56 Å². The number of nitrogens with zero attached hydrogens (tertiary/aromatic N) is 2. The molecular weight excluding hydrogens is 346 g/mol. The van der Waals surface area contributed by atoms with Crippen molar-refractivity contribution in [3.63, 3.8) is 0 Å². The van der Waals surface area contributed by atoms with E-state index in [9.17, 15) is 14.4 Å². The summed E-state index contributed by atoms with van der Waals surface area (Å²) >= 11 is 0. The van der Waals surface area contributed by atoms with Crippen LogP contribution in [0.15, 0.2) is 53.6 Å². The monoisotopic (exact) mass is 365 g/mol. The smallest absolute Gasteiger partial charge is 0.316 e. The summed E-state index contributed by atoms with van der Waals surface area (Å²) in [5, 5.41) is 5.71. The van der Waals surface area contributed by atoms with E-state index in [2.05, 4.69) is 15.6 Å². The molecule has 3 rings (SSSR count). The molecule has 0 aliphatic heterocycles. The Balaban J connectivity index is 1.64. The molecule has 0 saturated heterocycles. The lowest BCUT2D eigenvalue weighted by Gasteiger charge is -2.09. The van der Waals surface area contributed by atoms with E-state index in [0.717, 1.165) is 11.1 Å². The van der Waals surface area contributed by atoms with Gasteiger partial charge >= 0.3 is 6.03 Å². The number of para-hydroxylation sites is 1. The lowest BCUT2D eigenvalue weighted by atomic mass is 10.1. The van der Waals surface area contributed by atoms with Crippen LogP contribution in [0, 0.1) is 6.92 Å². The molecule has 8 heteroatoms. The molecule has 2 aromatic carbocycles. The Morgan fingerprint density at radius 1 is 1.15 bits per heavy atom. The number of nitrogens with one attached hydrogen (secondary N) is 2. The van der Waals surface area contributed by atoms with Gasteiger partial charge in [0.05, 0.1) is 17.2 Å². The molecule has 4 N–H and O–H groups in total. The van der Waals surface area contributed by atoms with Crippen LogP contribution in [0.25, 0.3) is 10.9 Å². The zero-order valence-corrected chi connectivity index (χ0v) is 14.7. The zero-order chi connectivity index (χ0) is 19.4. The minimum Gasteiger partial charge on any atom is -0.351 e. The highest BCUT2D eigenvalue weighted by atomic mass is 16.2. The summed E-state index contributed by atoms with van der Waals surface area (Å²) in [5.74, 6) is -0.301. The summed E-state index contributed by atoms with van der Waals surface area (Å²) in [7, 11) is 0. The quantitative estimate of drug-likeness (QED) is 0.635. The van der Waals surface area contributed by atoms with Crippen LogP contribution in [0.2, 0.25) is 0 Å². The van der Waals surface area contributed by atoms with E-state index < -0.39 is 6.03 Å². The van der Waals surface area contributed by atoms with E-state index in [1.165, 1.54) is 10.9 Å². The number of aromatic nitrogens is 2. The molecule has 0 saturated carbocycles. The number of hydrogen-bond acceptors (Lipinski definition) is 4. The third-order valence-corrected chi connectivity index (χ3v) is 4.08. The van der Waals surface area contributed by atoms with E-state index in [0.29, 0.717) is 23.1 Å². The first-order valence-electron chi connectivity index (χ1n) is 8.31. The second-order valence-electron chi connectivity index (χ2n) is 6.11. The maximum atomic E-state index is 12.5. The first-order chi connectivity index (χ1) is 12.9. The Hall–Kier alpha value is -3.68. The second kappa shape index (κ2) is 7.69. The predicted molar refractivity (Wildman–Crippen MR) is 102 cm³/mol. The van der Waals surface area contributed by atoms with Crippen molar-refractivity contribution in [2.24, 2.45) is 5.73 Å². The van der Waals surface area contributed by atoms with Crippen molar-refractivity contribution in [1.29, 1.82) is 0 Å². The summed E-state index contributed by atoms with van der Waals surface area (Å²) in [6, 6.07) is 11.6. The summed E-state index contributed by atoms with van der Waals surface area (Å²) < 4.78 is 1.29. The number of carbonyl (C=O) groups is 2. The number of fused-ring (bicyclic) bond motifs is 1. The number of primary amides is 1. The third-order valence-electron chi connectivity index (χ3n) is 4.08. The summed E-state index contributed by atoms with van der Waals surface area (Å²) in [5.41, 5.74) is 7.77. The average Bonchev–Trinajstić information content (AvgIpc) is 2.63. The number of urea groups is 1. The first-order valence-corrected chi connectivity index (χ1v) is 8.31. The molecule has 3 amide bonds. The fourth-order valence-corrected chi connectivity index (χ4v) is 2.71. The molecule has 0 bridgehead atoms. The molecule has 0 aliphatic rings. The van der Waals surface area contributed by atoms with Crippen molar-refractivity contribution >= 4 is 28.5 Å². The maximum Gasteiger partial charge on any atom is 0.316 e. The van der Waals surface area contributed by atoms with Gasteiger partial charge < -0.3 is 16.4 Å². The highest BCUT2D eigenvalue weighted by Crippen LogP contribution is 2.11. The number of rotatable bonds is 5. The highest BCUT2D eigenvalue weighted by molar-refractivity contribution is 5.87. The van der Waals surface area contributed by atoms with Gasteiger partial charge in [0, 0.05) is 12.2 Å². The largest absolute Gasteiger partial charge is 0.351 e. The van der Waals surface area contributed by atoms with Gasteiger partial charge in [-0.3, -0.25) is 14.2 Å². The van der Waals surface area contributed by atoms with E-state index >= 15 is 0 Å². The number of benzene rings is 2. The van der Waals surface area contributed by atoms with E-state index in [1.807, 2.05) is 13.0 Å². The van der Waals surface area contributed by atoms with E-state index in [1.54, 1.807) is 36.4 Å². The lowest BCUT2D eigenvalue weighted by molar-refractivity contribution is -0.121. The van der Waals surface area contributed by atoms with Crippen LogP contribution in [-0.4, -0.2) is 21.5 Å². The van der Waals surface area contributed by atoms with Crippen LogP contribution in [0.3, 0.4) is 0 Å². The zero-order valence-electron chi connectivity index (χ0n) is 14.7. The van der Waals surface area contributed by atoms with Gasteiger partial charge in [0.1, 0.15) is 6.54 Å². The fraction of sp³-hybridized carbons (Fsp3) is 0.158. The van der Waals surface area contributed by atoms with Gasteiger partial charge in [-0.05, 0) is 36.2 Å². The van der Waals surface area contributed by atoms with Crippen molar-refractivity contribution in [3.05, 3.63) is 70.3 Å². The van der Waals surface area contributed by atoms with Crippen molar-refractivity contribution in [3.8, 4) is 0 Å². The Morgan fingerprint density at radius 3 is 2.59 bits per heavy atom. The number of amides is 3. The van der Waals surface area contributed by atoms with Crippen LogP contribution in [0.5, 0.6) is 0 Å². The number of carbonyl (C=O) groups excluding carboxylic acids is 2. The lowest BCUT2D eigenvalue weighted by Crippen LogP contribution is -2.32. The molecule has 0 spiro atoms. The molecule has 0 atom stereocenters. The summed E-state index contributed by atoms with van der Waals surface area (Å²) in [6.07, 6.45) is 1.39. The van der Waals surface area contributed by atoms with Gasteiger partial charge in [0.2, 0.25) is 5.91 Å². The van der Waals surface area contributed by atoms with Gasteiger partial charge in [-0.2, -0.15) is 0 Å². The molecule has 0 fully saturated rings. The van der Waals surface area contributed by atoms with Crippen molar-refractivity contribution < 1.29 is 9.59 Å². The first kappa shape index (κ1) is 18.1. The Labute approximate surface area is 155 Å².